The van der Waals surface area contributed by atoms with Crippen LogP contribution in [0.1, 0.15) is 21.5 Å². The second kappa shape index (κ2) is 6.02. The van der Waals surface area contributed by atoms with Gasteiger partial charge in [-0.25, -0.2) is 15.4 Å². The van der Waals surface area contributed by atoms with Crippen molar-refractivity contribution in [3.63, 3.8) is 0 Å². The van der Waals surface area contributed by atoms with E-state index >= 15 is 0 Å². The maximum atomic E-state index is 12.6. The average molecular weight is 365 g/mol. The van der Waals surface area contributed by atoms with Crippen molar-refractivity contribution in [2.75, 3.05) is 18.0 Å². The van der Waals surface area contributed by atoms with Crippen molar-refractivity contribution in [3.05, 3.63) is 53.3 Å². The molecule has 3 aliphatic rings. The maximum Gasteiger partial charge on any atom is 0.277 e. The van der Waals surface area contributed by atoms with E-state index in [0.717, 1.165) is 18.7 Å². The molecular weight excluding hydrogens is 346 g/mol. The number of fused-ring (bicyclic) bond motifs is 2. The summed E-state index contributed by atoms with van der Waals surface area (Å²) >= 11 is 0. The first-order valence-corrected chi connectivity index (χ1v) is 9.03. The fraction of sp³-hybridized carbons (Fsp3) is 0.368. The minimum Gasteiger partial charge on any atom is -0.340 e. The highest BCUT2D eigenvalue weighted by Gasteiger charge is 2.60. The molecule has 0 bridgehead atoms. The third-order valence-corrected chi connectivity index (χ3v) is 5.91. The van der Waals surface area contributed by atoms with Crippen molar-refractivity contribution in [3.8, 4) is 0 Å². The molecule has 27 heavy (non-hydrogen) atoms. The van der Waals surface area contributed by atoms with Gasteiger partial charge in [0.2, 0.25) is 11.9 Å². The molecule has 2 amide bonds. The number of anilines is 1. The molecule has 8 heteroatoms. The van der Waals surface area contributed by atoms with E-state index in [1.54, 1.807) is 5.48 Å². The van der Waals surface area contributed by atoms with Gasteiger partial charge in [-0.3, -0.25) is 14.8 Å². The topological polar surface area (TPSA) is 98.7 Å². The largest absolute Gasteiger partial charge is 0.340 e. The lowest BCUT2D eigenvalue weighted by atomic mass is 9.99. The molecule has 1 saturated heterocycles. The number of aromatic nitrogens is 2. The van der Waals surface area contributed by atoms with Crippen LogP contribution in [0.4, 0.5) is 5.95 Å². The first-order chi connectivity index (χ1) is 13.2. The molecule has 2 unspecified atom stereocenters. The quantitative estimate of drug-likeness (QED) is 0.611. The van der Waals surface area contributed by atoms with Gasteiger partial charge in [0.1, 0.15) is 0 Å². The molecule has 1 aromatic heterocycles. The number of nitrogens with one attached hydrogen (secondary N) is 1. The Morgan fingerprint density at radius 3 is 2.44 bits per heavy atom. The Labute approximate surface area is 155 Å². The number of hydrogen-bond acceptors (Lipinski definition) is 6. The molecule has 0 radical (unpaired) electrons. The van der Waals surface area contributed by atoms with Crippen molar-refractivity contribution in [2.24, 2.45) is 11.8 Å². The standard InChI is InChI=1S/C19H19N5O3/c25-16-5-11-3-1-2-4-12(11)8-24(16)17-14-9-23(10-15(14)17)19-20-6-13(7-21-19)18(26)22-27/h1-4,6-7,14-15,17,27H,5,8-10H2,(H,22,26). The molecular formula is C19H19N5O3. The summed E-state index contributed by atoms with van der Waals surface area (Å²) in [6, 6.07) is 8.47. The number of hydroxylamine groups is 1. The van der Waals surface area contributed by atoms with Crippen LogP contribution < -0.4 is 10.4 Å². The molecule has 2 aromatic rings. The summed E-state index contributed by atoms with van der Waals surface area (Å²) in [5.74, 6) is 1.06. The predicted octanol–water partition coefficient (Wildman–Crippen LogP) is 0.615. The van der Waals surface area contributed by atoms with E-state index in [1.165, 1.54) is 18.0 Å². The third-order valence-electron chi connectivity index (χ3n) is 5.91. The van der Waals surface area contributed by atoms with E-state index in [0.29, 0.717) is 36.8 Å². The van der Waals surface area contributed by atoms with E-state index in [4.69, 9.17) is 5.21 Å². The lowest BCUT2D eigenvalue weighted by Crippen LogP contribution is -2.42. The van der Waals surface area contributed by atoms with E-state index in [9.17, 15) is 9.59 Å². The lowest BCUT2D eigenvalue weighted by molar-refractivity contribution is -0.133. The van der Waals surface area contributed by atoms with E-state index in [1.807, 2.05) is 23.1 Å². The lowest BCUT2D eigenvalue weighted by Gasteiger charge is -2.31. The normalized spacial score (nSPS) is 25.8. The smallest absolute Gasteiger partial charge is 0.277 e. The third kappa shape index (κ3) is 2.64. The van der Waals surface area contributed by atoms with Crippen LogP contribution in [0.5, 0.6) is 0 Å². The van der Waals surface area contributed by atoms with E-state index in [2.05, 4.69) is 20.9 Å². The molecule has 138 valence electrons. The summed E-state index contributed by atoms with van der Waals surface area (Å²) in [6.07, 6.45) is 3.30. The number of benzene rings is 1. The molecule has 2 atom stereocenters. The summed E-state index contributed by atoms with van der Waals surface area (Å²) < 4.78 is 0. The van der Waals surface area contributed by atoms with Gasteiger partial charge in [0.05, 0.1) is 12.0 Å². The monoisotopic (exact) mass is 365 g/mol. The maximum absolute atomic E-state index is 12.6. The number of amides is 2. The molecule has 1 aromatic carbocycles. The Morgan fingerprint density at radius 1 is 1.11 bits per heavy atom. The second-order valence-corrected chi connectivity index (χ2v) is 7.40. The highest BCUT2D eigenvalue weighted by Crippen LogP contribution is 2.50. The van der Waals surface area contributed by atoms with Crippen LogP contribution in [0, 0.1) is 11.8 Å². The Morgan fingerprint density at radius 2 is 1.78 bits per heavy atom. The SMILES string of the molecule is O=C(NO)c1cnc(N2CC3C(C2)C3N2Cc3ccccc3CC2=O)nc1. The van der Waals surface area contributed by atoms with Crippen molar-refractivity contribution < 1.29 is 14.8 Å². The van der Waals surface area contributed by atoms with E-state index in [-0.39, 0.29) is 11.5 Å². The number of nitrogens with zero attached hydrogens (tertiary/aromatic N) is 4. The Bertz CT molecular complexity index is 904. The summed E-state index contributed by atoms with van der Waals surface area (Å²) in [5.41, 5.74) is 4.17. The Kier molecular flexibility index (Phi) is 3.61. The number of carbonyl (C=O) groups is 2. The summed E-state index contributed by atoms with van der Waals surface area (Å²) in [4.78, 5) is 36.5. The van der Waals surface area contributed by atoms with Crippen LogP contribution in [-0.4, -0.2) is 51.0 Å². The number of rotatable bonds is 3. The minimum absolute atomic E-state index is 0.209. The van der Waals surface area contributed by atoms with Gasteiger partial charge in [-0.15, -0.1) is 0 Å². The van der Waals surface area contributed by atoms with Gasteiger partial charge in [0.15, 0.2) is 0 Å². The summed E-state index contributed by atoms with van der Waals surface area (Å²) in [5, 5.41) is 8.65. The Hall–Kier alpha value is -3.00. The predicted molar refractivity (Wildman–Crippen MR) is 95.0 cm³/mol. The first kappa shape index (κ1) is 16.2. The Balaban J connectivity index is 1.25. The van der Waals surface area contributed by atoms with Crippen molar-refractivity contribution in [1.29, 1.82) is 0 Å². The van der Waals surface area contributed by atoms with Crippen LogP contribution in [-0.2, 0) is 17.8 Å². The van der Waals surface area contributed by atoms with Gasteiger partial charge in [-0.2, -0.15) is 0 Å². The highest BCUT2D eigenvalue weighted by atomic mass is 16.5. The highest BCUT2D eigenvalue weighted by molar-refractivity contribution is 5.92. The molecule has 2 aliphatic heterocycles. The number of piperidine rings is 1. The van der Waals surface area contributed by atoms with Crippen LogP contribution in [0.25, 0.3) is 0 Å². The molecule has 1 saturated carbocycles. The molecule has 8 nitrogen and oxygen atoms in total. The first-order valence-electron chi connectivity index (χ1n) is 9.03. The number of hydrogen-bond donors (Lipinski definition) is 2. The van der Waals surface area contributed by atoms with Gasteiger partial charge in [-0.05, 0) is 11.1 Å². The van der Waals surface area contributed by atoms with Crippen LogP contribution in [0.3, 0.4) is 0 Å². The van der Waals surface area contributed by atoms with Gasteiger partial charge >= 0.3 is 0 Å². The molecule has 1 aliphatic carbocycles. The minimum atomic E-state index is -0.630. The zero-order chi connectivity index (χ0) is 18.5. The van der Waals surface area contributed by atoms with Crippen molar-refractivity contribution in [1.82, 2.24) is 20.3 Å². The second-order valence-electron chi connectivity index (χ2n) is 7.40. The van der Waals surface area contributed by atoms with Crippen molar-refractivity contribution >= 4 is 17.8 Å². The fourth-order valence-corrected chi connectivity index (χ4v) is 4.48. The van der Waals surface area contributed by atoms with Crippen LogP contribution in [0.15, 0.2) is 36.7 Å². The van der Waals surface area contributed by atoms with Gasteiger partial charge in [0, 0.05) is 49.9 Å². The zero-order valence-corrected chi connectivity index (χ0v) is 14.6. The van der Waals surface area contributed by atoms with E-state index < -0.39 is 5.91 Å². The zero-order valence-electron chi connectivity index (χ0n) is 14.6. The van der Waals surface area contributed by atoms with Gasteiger partial charge < -0.3 is 9.80 Å². The molecule has 3 heterocycles. The molecule has 5 rings (SSSR count). The van der Waals surface area contributed by atoms with Crippen LogP contribution in [0.2, 0.25) is 0 Å². The molecule has 2 N–H and O–H groups in total. The molecule has 0 spiro atoms. The average Bonchev–Trinajstić information content (AvgIpc) is 3.18. The fourth-order valence-electron chi connectivity index (χ4n) is 4.48. The number of carbonyl (C=O) groups excluding carboxylic acids is 2. The summed E-state index contributed by atoms with van der Waals surface area (Å²) in [7, 11) is 0. The van der Waals surface area contributed by atoms with Crippen LogP contribution >= 0.6 is 0 Å². The van der Waals surface area contributed by atoms with Crippen molar-refractivity contribution in [2.45, 2.75) is 19.0 Å². The summed E-state index contributed by atoms with van der Waals surface area (Å²) in [6.45, 7) is 2.33. The van der Waals surface area contributed by atoms with Gasteiger partial charge in [0.25, 0.3) is 5.91 Å². The molecule has 2 fully saturated rings. The van der Waals surface area contributed by atoms with Gasteiger partial charge in [-0.1, -0.05) is 24.3 Å².